The number of imidazole rings is 1. The molecule has 120 valence electrons. The Balaban J connectivity index is 1.57. The Morgan fingerprint density at radius 2 is 2.22 bits per heavy atom. The lowest BCUT2D eigenvalue weighted by molar-refractivity contribution is -0.141. The number of aromatic nitrogens is 2. The first-order valence-corrected chi connectivity index (χ1v) is 7.53. The van der Waals surface area contributed by atoms with Crippen LogP contribution in [0.15, 0.2) is 30.6 Å². The number of carboxylic acids is 1. The number of nitrogens with zero attached hydrogens (tertiary/aromatic N) is 2. The fraction of sp³-hybridized carbons (Fsp3) is 0.375. The second-order valence-electron chi connectivity index (χ2n) is 5.89. The van der Waals surface area contributed by atoms with Gasteiger partial charge in [0.25, 0.3) is 0 Å². The zero-order valence-electron chi connectivity index (χ0n) is 12.4. The Kier molecular flexibility index (Phi) is 3.42. The Bertz CT molecular complexity index is 716. The average Bonchev–Trinajstić information content (AvgIpc) is 3.26. The van der Waals surface area contributed by atoms with Gasteiger partial charge in [0, 0.05) is 31.4 Å². The van der Waals surface area contributed by atoms with Crippen LogP contribution in [0, 0.1) is 5.92 Å². The van der Waals surface area contributed by atoms with Crippen LogP contribution in [-0.2, 0) is 11.3 Å². The van der Waals surface area contributed by atoms with Gasteiger partial charge in [-0.25, -0.2) is 4.98 Å². The van der Waals surface area contributed by atoms with E-state index in [2.05, 4.69) is 14.9 Å². The number of benzene rings is 1. The van der Waals surface area contributed by atoms with E-state index in [1.165, 1.54) is 0 Å². The van der Waals surface area contributed by atoms with Gasteiger partial charge >= 0.3 is 5.97 Å². The molecule has 0 saturated carbocycles. The van der Waals surface area contributed by atoms with Gasteiger partial charge in [0.2, 0.25) is 6.79 Å². The number of carboxylic acid groups (broad SMARTS) is 1. The number of hydrogen-bond donors (Lipinski definition) is 2. The van der Waals surface area contributed by atoms with Gasteiger partial charge in [0.15, 0.2) is 11.5 Å². The van der Waals surface area contributed by atoms with E-state index in [1.807, 2.05) is 18.2 Å². The number of nitrogens with one attached hydrogen (secondary N) is 1. The number of hydrogen-bond acceptors (Lipinski definition) is 5. The topological polar surface area (TPSA) is 87.7 Å². The number of aromatic amines is 1. The van der Waals surface area contributed by atoms with Gasteiger partial charge < -0.3 is 19.6 Å². The fourth-order valence-electron chi connectivity index (χ4n) is 3.34. The summed E-state index contributed by atoms with van der Waals surface area (Å²) in [5.41, 5.74) is 0.976. The van der Waals surface area contributed by atoms with E-state index < -0.39 is 11.9 Å². The number of fused-ring (bicyclic) bond motifs is 1. The molecule has 1 saturated heterocycles. The molecule has 2 atom stereocenters. The molecule has 23 heavy (non-hydrogen) atoms. The first-order chi connectivity index (χ1) is 11.2. The highest BCUT2D eigenvalue weighted by Crippen LogP contribution is 2.39. The molecule has 1 fully saturated rings. The number of carbonyl (C=O) groups is 1. The van der Waals surface area contributed by atoms with Crippen LogP contribution in [0.3, 0.4) is 0 Å². The largest absolute Gasteiger partial charge is 0.481 e. The van der Waals surface area contributed by atoms with E-state index in [9.17, 15) is 9.90 Å². The summed E-state index contributed by atoms with van der Waals surface area (Å²) in [6.45, 7) is 2.03. The van der Waals surface area contributed by atoms with Crippen molar-refractivity contribution in [3.05, 3.63) is 42.0 Å². The molecule has 0 amide bonds. The predicted molar refractivity (Wildman–Crippen MR) is 80.3 cm³/mol. The standard InChI is InChI=1S/C16H17N3O4/c20-16(21)12-7-19(8-15-17-3-4-18-15)6-11(12)10-1-2-13-14(5-10)23-9-22-13/h1-5,11-12H,6-9H2,(H,17,18)(H,20,21)/t11-,12+/m0/s1. The molecule has 2 aromatic rings. The molecule has 7 nitrogen and oxygen atoms in total. The van der Waals surface area contributed by atoms with Gasteiger partial charge in [-0.1, -0.05) is 6.07 Å². The first-order valence-electron chi connectivity index (χ1n) is 7.53. The van der Waals surface area contributed by atoms with Crippen LogP contribution >= 0.6 is 0 Å². The van der Waals surface area contributed by atoms with Gasteiger partial charge in [0.05, 0.1) is 12.5 Å². The van der Waals surface area contributed by atoms with Crippen molar-refractivity contribution >= 4 is 5.97 Å². The van der Waals surface area contributed by atoms with Crippen LogP contribution in [-0.4, -0.2) is 45.8 Å². The summed E-state index contributed by atoms with van der Waals surface area (Å²) in [6, 6.07) is 5.69. The number of rotatable bonds is 4. The van der Waals surface area contributed by atoms with Crippen molar-refractivity contribution in [2.24, 2.45) is 5.92 Å². The second-order valence-corrected chi connectivity index (χ2v) is 5.89. The second kappa shape index (κ2) is 5.58. The van der Waals surface area contributed by atoms with Gasteiger partial charge in [0.1, 0.15) is 5.82 Å². The highest BCUT2D eigenvalue weighted by atomic mass is 16.7. The minimum atomic E-state index is -0.769. The Morgan fingerprint density at radius 3 is 3.00 bits per heavy atom. The SMILES string of the molecule is O=C(O)[C@@H]1CN(Cc2ncc[nH]2)C[C@H]1c1ccc2c(c1)OCO2. The number of aliphatic carboxylic acids is 1. The van der Waals surface area contributed by atoms with Crippen LogP contribution in [0.1, 0.15) is 17.3 Å². The van der Waals surface area contributed by atoms with E-state index in [4.69, 9.17) is 9.47 Å². The predicted octanol–water partition coefficient (Wildman–Crippen LogP) is 1.44. The van der Waals surface area contributed by atoms with Crippen LogP contribution in [0.25, 0.3) is 0 Å². The lowest BCUT2D eigenvalue weighted by Crippen LogP contribution is -2.23. The van der Waals surface area contributed by atoms with Crippen LogP contribution in [0.5, 0.6) is 11.5 Å². The normalized spacial score (nSPS) is 23.3. The van der Waals surface area contributed by atoms with Crippen molar-refractivity contribution in [2.45, 2.75) is 12.5 Å². The van der Waals surface area contributed by atoms with Crippen molar-refractivity contribution in [3.8, 4) is 11.5 Å². The number of likely N-dealkylation sites (tertiary alicyclic amines) is 1. The van der Waals surface area contributed by atoms with E-state index in [1.54, 1.807) is 12.4 Å². The molecule has 3 heterocycles. The Hall–Kier alpha value is -2.54. The van der Waals surface area contributed by atoms with Gasteiger partial charge in [-0.15, -0.1) is 0 Å². The summed E-state index contributed by atoms with van der Waals surface area (Å²) in [7, 11) is 0. The lowest BCUT2D eigenvalue weighted by atomic mass is 9.89. The molecule has 2 N–H and O–H groups in total. The third-order valence-corrected chi connectivity index (χ3v) is 4.47. The third kappa shape index (κ3) is 2.63. The van der Waals surface area contributed by atoms with Gasteiger partial charge in [-0.3, -0.25) is 9.69 Å². The maximum Gasteiger partial charge on any atom is 0.308 e. The first kappa shape index (κ1) is 14.1. The van der Waals surface area contributed by atoms with Crippen molar-refractivity contribution in [1.29, 1.82) is 0 Å². The molecule has 0 bridgehead atoms. The van der Waals surface area contributed by atoms with Gasteiger partial charge in [-0.2, -0.15) is 0 Å². The number of H-pyrrole nitrogens is 1. The van der Waals surface area contributed by atoms with Crippen molar-refractivity contribution in [3.63, 3.8) is 0 Å². The monoisotopic (exact) mass is 315 g/mol. The minimum absolute atomic E-state index is 0.0723. The van der Waals surface area contributed by atoms with E-state index in [0.717, 1.165) is 11.4 Å². The van der Waals surface area contributed by atoms with Crippen LogP contribution in [0.2, 0.25) is 0 Å². The molecule has 4 rings (SSSR count). The van der Waals surface area contributed by atoms with E-state index >= 15 is 0 Å². The molecular weight excluding hydrogens is 298 g/mol. The van der Waals surface area contributed by atoms with Crippen LogP contribution in [0.4, 0.5) is 0 Å². The van der Waals surface area contributed by atoms with Crippen molar-refractivity contribution in [2.75, 3.05) is 19.9 Å². The molecule has 7 heteroatoms. The molecule has 0 radical (unpaired) electrons. The molecule has 2 aliphatic rings. The molecule has 2 aliphatic heterocycles. The maximum atomic E-state index is 11.7. The molecule has 1 aromatic heterocycles. The summed E-state index contributed by atoms with van der Waals surface area (Å²) < 4.78 is 10.7. The fourth-order valence-corrected chi connectivity index (χ4v) is 3.34. The van der Waals surface area contributed by atoms with Crippen molar-refractivity contribution < 1.29 is 19.4 Å². The summed E-state index contributed by atoms with van der Waals surface area (Å²) in [5, 5.41) is 9.58. The Morgan fingerprint density at radius 1 is 1.35 bits per heavy atom. The summed E-state index contributed by atoms with van der Waals surface area (Å²) >= 11 is 0. The molecule has 0 aliphatic carbocycles. The van der Waals surface area contributed by atoms with Crippen molar-refractivity contribution in [1.82, 2.24) is 14.9 Å². The summed E-state index contributed by atoms with van der Waals surface area (Å²) in [5.74, 6) is 0.972. The zero-order valence-corrected chi connectivity index (χ0v) is 12.4. The van der Waals surface area contributed by atoms with Crippen LogP contribution < -0.4 is 9.47 Å². The molecule has 0 unspecified atom stereocenters. The quantitative estimate of drug-likeness (QED) is 0.887. The van der Waals surface area contributed by atoms with E-state index in [-0.39, 0.29) is 12.7 Å². The highest BCUT2D eigenvalue weighted by molar-refractivity contribution is 5.72. The molecule has 1 aromatic carbocycles. The van der Waals surface area contributed by atoms with E-state index in [0.29, 0.717) is 31.1 Å². The summed E-state index contributed by atoms with van der Waals surface area (Å²) in [4.78, 5) is 21.1. The summed E-state index contributed by atoms with van der Waals surface area (Å²) in [6.07, 6.45) is 3.48. The van der Waals surface area contributed by atoms with Gasteiger partial charge in [-0.05, 0) is 17.7 Å². The molecule has 0 spiro atoms. The third-order valence-electron chi connectivity index (χ3n) is 4.47. The lowest BCUT2D eigenvalue weighted by Gasteiger charge is -2.16. The average molecular weight is 315 g/mol. The Labute approximate surface area is 132 Å². The highest BCUT2D eigenvalue weighted by Gasteiger charge is 2.39. The zero-order chi connectivity index (χ0) is 15.8. The smallest absolute Gasteiger partial charge is 0.308 e. The molecular formula is C16H17N3O4. The maximum absolute atomic E-state index is 11.7. The number of ether oxygens (including phenoxy) is 2. The minimum Gasteiger partial charge on any atom is -0.481 e.